The summed E-state index contributed by atoms with van der Waals surface area (Å²) in [5.41, 5.74) is 5.63. The van der Waals surface area contributed by atoms with Gasteiger partial charge in [0.2, 0.25) is 11.8 Å². The maximum atomic E-state index is 11.9. The van der Waals surface area contributed by atoms with Gasteiger partial charge in [0.1, 0.15) is 6.04 Å². The zero-order valence-corrected chi connectivity index (χ0v) is 13.6. The molecule has 2 atom stereocenters. The zero-order chi connectivity index (χ0) is 15.3. The SMILES string of the molecule is CSCC[C@H](N)C(=O)NC(C)c1nc(C(C)(C)C)no1. The maximum absolute atomic E-state index is 11.9. The molecular formula is C13H24N4O2S. The highest BCUT2D eigenvalue weighted by atomic mass is 32.2. The van der Waals surface area contributed by atoms with Crippen LogP contribution in [0.5, 0.6) is 0 Å². The minimum atomic E-state index is -0.505. The smallest absolute Gasteiger partial charge is 0.248 e. The highest BCUT2D eigenvalue weighted by Gasteiger charge is 2.24. The average molecular weight is 300 g/mol. The minimum Gasteiger partial charge on any atom is -0.343 e. The van der Waals surface area contributed by atoms with Gasteiger partial charge in [-0.25, -0.2) is 0 Å². The van der Waals surface area contributed by atoms with Crippen molar-refractivity contribution in [3.63, 3.8) is 0 Å². The summed E-state index contributed by atoms with van der Waals surface area (Å²) in [5.74, 6) is 1.69. The lowest BCUT2D eigenvalue weighted by molar-refractivity contribution is -0.123. The summed E-state index contributed by atoms with van der Waals surface area (Å²) >= 11 is 1.67. The molecule has 0 saturated carbocycles. The van der Waals surface area contributed by atoms with E-state index < -0.39 is 6.04 Å². The van der Waals surface area contributed by atoms with E-state index in [-0.39, 0.29) is 17.4 Å². The molecule has 1 amide bonds. The molecule has 0 aliphatic rings. The summed E-state index contributed by atoms with van der Waals surface area (Å²) < 4.78 is 5.19. The number of nitrogens with one attached hydrogen (secondary N) is 1. The van der Waals surface area contributed by atoms with Crippen molar-refractivity contribution in [2.45, 2.75) is 51.6 Å². The average Bonchev–Trinajstić information content (AvgIpc) is 2.85. The summed E-state index contributed by atoms with van der Waals surface area (Å²) in [5, 5.41) is 6.74. The van der Waals surface area contributed by atoms with Crippen LogP contribution >= 0.6 is 11.8 Å². The fourth-order valence-electron chi connectivity index (χ4n) is 1.47. The number of hydrogen-bond donors (Lipinski definition) is 2. The third-order valence-corrected chi connectivity index (χ3v) is 3.46. The molecular weight excluding hydrogens is 276 g/mol. The Kier molecular flexibility index (Phi) is 6.01. The number of thioether (sulfide) groups is 1. The van der Waals surface area contributed by atoms with Crippen LogP contribution in [0, 0.1) is 0 Å². The van der Waals surface area contributed by atoms with E-state index in [1.165, 1.54) is 0 Å². The molecule has 1 unspecified atom stereocenters. The van der Waals surface area contributed by atoms with Gasteiger partial charge in [0, 0.05) is 5.41 Å². The van der Waals surface area contributed by atoms with E-state index in [4.69, 9.17) is 10.3 Å². The van der Waals surface area contributed by atoms with Crippen molar-refractivity contribution >= 4 is 17.7 Å². The van der Waals surface area contributed by atoms with E-state index in [2.05, 4.69) is 15.5 Å². The first-order valence-electron chi connectivity index (χ1n) is 6.64. The van der Waals surface area contributed by atoms with Gasteiger partial charge in [-0.15, -0.1) is 0 Å². The standard InChI is InChI=1S/C13H24N4O2S/c1-8(15-10(18)9(14)6-7-20-5)11-16-12(17-19-11)13(2,3)4/h8-9H,6-7,14H2,1-5H3,(H,15,18)/t8?,9-/m0/s1. The van der Waals surface area contributed by atoms with E-state index in [0.717, 1.165) is 5.75 Å². The van der Waals surface area contributed by atoms with E-state index in [0.29, 0.717) is 18.1 Å². The first-order valence-corrected chi connectivity index (χ1v) is 8.04. The van der Waals surface area contributed by atoms with Crippen LogP contribution < -0.4 is 11.1 Å². The third kappa shape index (κ3) is 4.79. The van der Waals surface area contributed by atoms with Crippen LogP contribution in [-0.2, 0) is 10.2 Å². The van der Waals surface area contributed by atoms with Crippen molar-refractivity contribution in [3.05, 3.63) is 11.7 Å². The molecule has 0 spiro atoms. The Morgan fingerprint density at radius 3 is 2.65 bits per heavy atom. The molecule has 1 heterocycles. The second-order valence-electron chi connectivity index (χ2n) is 5.82. The summed E-state index contributed by atoms with van der Waals surface area (Å²) in [6.07, 6.45) is 2.64. The van der Waals surface area contributed by atoms with Gasteiger partial charge in [-0.1, -0.05) is 25.9 Å². The van der Waals surface area contributed by atoms with E-state index in [1.54, 1.807) is 18.7 Å². The fraction of sp³-hybridized carbons (Fsp3) is 0.769. The van der Waals surface area contributed by atoms with Gasteiger partial charge in [0.25, 0.3) is 0 Å². The van der Waals surface area contributed by atoms with Crippen molar-refractivity contribution in [2.75, 3.05) is 12.0 Å². The molecule has 0 aromatic carbocycles. The Bertz CT molecular complexity index is 442. The van der Waals surface area contributed by atoms with Gasteiger partial charge in [0.15, 0.2) is 5.82 Å². The molecule has 3 N–H and O–H groups in total. The lowest BCUT2D eigenvalue weighted by atomic mass is 9.96. The fourth-order valence-corrected chi connectivity index (χ4v) is 1.96. The molecule has 0 radical (unpaired) electrons. The van der Waals surface area contributed by atoms with Crippen molar-refractivity contribution in [1.82, 2.24) is 15.5 Å². The third-order valence-electron chi connectivity index (χ3n) is 2.81. The number of hydrogen-bond acceptors (Lipinski definition) is 6. The Balaban J connectivity index is 2.60. The van der Waals surface area contributed by atoms with Gasteiger partial charge >= 0.3 is 0 Å². The van der Waals surface area contributed by atoms with Crippen molar-refractivity contribution in [1.29, 1.82) is 0 Å². The van der Waals surface area contributed by atoms with Crippen LogP contribution in [0.1, 0.15) is 51.9 Å². The molecule has 1 rings (SSSR count). The Labute approximate surface area is 124 Å². The van der Waals surface area contributed by atoms with E-state index in [9.17, 15) is 4.79 Å². The predicted octanol–water partition coefficient (Wildman–Crippen LogP) is 1.62. The molecule has 0 saturated heterocycles. The van der Waals surface area contributed by atoms with E-state index in [1.807, 2.05) is 27.0 Å². The van der Waals surface area contributed by atoms with Crippen LogP contribution in [0.15, 0.2) is 4.52 Å². The summed E-state index contributed by atoms with van der Waals surface area (Å²) in [6.45, 7) is 7.81. The van der Waals surface area contributed by atoms with Gasteiger partial charge in [-0.2, -0.15) is 16.7 Å². The molecule has 114 valence electrons. The molecule has 1 aromatic heterocycles. The minimum absolute atomic E-state index is 0.180. The number of carbonyl (C=O) groups is 1. The Hall–Kier alpha value is -1.08. The normalized spacial score (nSPS) is 14.9. The topological polar surface area (TPSA) is 94.0 Å². The number of amides is 1. The largest absolute Gasteiger partial charge is 0.343 e. The molecule has 7 heteroatoms. The van der Waals surface area contributed by atoms with Crippen LogP contribution in [0.4, 0.5) is 0 Å². The summed E-state index contributed by atoms with van der Waals surface area (Å²) in [4.78, 5) is 16.2. The molecule has 0 aliphatic carbocycles. The van der Waals surface area contributed by atoms with E-state index >= 15 is 0 Å². The summed E-state index contributed by atoms with van der Waals surface area (Å²) in [6, 6.07) is -0.846. The van der Waals surface area contributed by atoms with Crippen molar-refractivity contribution in [3.8, 4) is 0 Å². The lowest BCUT2D eigenvalue weighted by Crippen LogP contribution is -2.42. The van der Waals surface area contributed by atoms with Crippen molar-refractivity contribution in [2.24, 2.45) is 5.73 Å². The number of carbonyl (C=O) groups excluding carboxylic acids is 1. The highest BCUT2D eigenvalue weighted by molar-refractivity contribution is 7.98. The van der Waals surface area contributed by atoms with Gasteiger partial charge < -0.3 is 15.6 Å². The first kappa shape index (κ1) is 17.0. The summed E-state index contributed by atoms with van der Waals surface area (Å²) in [7, 11) is 0. The molecule has 0 fully saturated rings. The van der Waals surface area contributed by atoms with Crippen LogP contribution in [0.3, 0.4) is 0 Å². The predicted molar refractivity (Wildman–Crippen MR) is 80.5 cm³/mol. The molecule has 6 nitrogen and oxygen atoms in total. The highest BCUT2D eigenvalue weighted by Crippen LogP contribution is 2.20. The second kappa shape index (κ2) is 7.08. The van der Waals surface area contributed by atoms with Gasteiger partial charge in [-0.3, -0.25) is 4.79 Å². The quantitative estimate of drug-likeness (QED) is 0.829. The Morgan fingerprint density at radius 1 is 1.50 bits per heavy atom. The van der Waals surface area contributed by atoms with Gasteiger partial charge in [0.05, 0.1) is 6.04 Å². The monoisotopic (exact) mass is 300 g/mol. The number of nitrogens with two attached hydrogens (primary N) is 1. The molecule has 1 aromatic rings. The van der Waals surface area contributed by atoms with Gasteiger partial charge in [-0.05, 0) is 25.4 Å². The Morgan fingerprint density at radius 2 is 2.15 bits per heavy atom. The van der Waals surface area contributed by atoms with Crippen LogP contribution in [-0.4, -0.2) is 34.1 Å². The van der Waals surface area contributed by atoms with Crippen LogP contribution in [0.25, 0.3) is 0 Å². The van der Waals surface area contributed by atoms with Crippen LogP contribution in [0.2, 0.25) is 0 Å². The maximum Gasteiger partial charge on any atom is 0.248 e. The number of nitrogens with zero attached hydrogens (tertiary/aromatic N) is 2. The second-order valence-corrected chi connectivity index (χ2v) is 6.81. The lowest BCUT2D eigenvalue weighted by Gasteiger charge is -2.15. The first-order chi connectivity index (χ1) is 9.25. The number of rotatable bonds is 6. The molecule has 20 heavy (non-hydrogen) atoms. The zero-order valence-electron chi connectivity index (χ0n) is 12.8. The molecule has 0 aliphatic heterocycles. The number of aromatic nitrogens is 2. The van der Waals surface area contributed by atoms with Crippen molar-refractivity contribution < 1.29 is 9.32 Å². The molecule has 0 bridgehead atoms.